The van der Waals surface area contributed by atoms with Gasteiger partial charge in [-0.05, 0) is 48.8 Å². The van der Waals surface area contributed by atoms with Gasteiger partial charge in [-0.2, -0.15) is 0 Å². The number of rotatable bonds is 15. The van der Waals surface area contributed by atoms with Gasteiger partial charge >= 0.3 is 5.97 Å². The van der Waals surface area contributed by atoms with Crippen LogP contribution in [0.1, 0.15) is 46.1 Å². The maximum Gasteiger partial charge on any atom is 0.326 e. The number of carbonyl (C=O) groups excluding carboxylic acids is 4. The first-order valence-corrected chi connectivity index (χ1v) is 12.2. The summed E-state index contributed by atoms with van der Waals surface area (Å²) >= 11 is 0. The van der Waals surface area contributed by atoms with Gasteiger partial charge in [0.05, 0.1) is 19.1 Å². The normalized spacial score (nSPS) is 13.4. The summed E-state index contributed by atoms with van der Waals surface area (Å²) in [6, 6.07) is 3.24. The molecule has 0 fully saturated rings. The molecule has 0 spiro atoms. The van der Waals surface area contributed by atoms with Crippen LogP contribution in [0.4, 0.5) is 0 Å². The molecule has 3 atom stereocenters. The fourth-order valence-corrected chi connectivity index (χ4v) is 3.43. The Balaban J connectivity index is 2.53. The van der Waals surface area contributed by atoms with Gasteiger partial charge in [-0.3, -0.25) is 19.2 Å². The second-order valence-electron chi connectivity index (χ2n) is 9.75. The van der Waals surface area contributed by atoms with Crippen molar-refractivity contribution in [3.8, 4) is 5.75 Å². The number of hydrogen-bond acceptors (Lipinski definition) is 7. The third kappa shape index (κ3) is 12.7. The molecule has 0 aromatic heterocycles. The monoisotopic (exact) mass is 521 g/mol. The number of nitrogens with one attached hydrogen (secondary N) is 4. The number of phenolic OH excluding ortho intramolecular Hbond substituents is 1. The molecule has 0 saturated heterocycles. The summed E-state index contributed by atoms with van der Waals surface area (Å²) in [6.07, 6.45) is 0.716. The first kappa shape index (κ1) is 31.4. The molecule has 0 unspecified atom stereocenters. The molecule has 0 aliphatic heterocycles. The van der Waals surface area contributed by atoms with Gasteiger partial charge in [0.2, 0.25) is 23.6 Å². The van der Waals surface area contributed by atoms with Crippen molar-refractivity contribution < 1.29 is 34.2 Å². The molecular weight excluding hydrogens is 482 g/mol. The lowest BCUT2D eigenvalue weighted by molar-refractivity contribution is -0.142. The molecule has 0 aliphatic carbocycles. The molecule has 0 radical (unpaired) electrons. The summed E-state index contributed by atoms with van der Waals surface area (Å²) in [4.78, 5) is 60.8. The number of carboxylic acid groups (broad SMARTS) is 1. The smallest absolute Gasteiger partial charge is 0.326 e. The fraction of sp³-hybridized carbons (Fsp3) is 0.560. The SMILES string of the molecule is CC(C)C[C@H](NC(=O)[C@H](CC(C)C)NC(=O)CNC(=O)CNC(=O)[C@@H](N)Cc1ccc(O)cc1)C(=O)O. The van der Waals surface area contributed by atoms with E-state index in [0.29, 0.717) is 0 Å². The van der Waals surface area contributed by atoms with E-state index in [4.69, 9.17) is 5.73 Å². The molecule has 1 aromatic carbocycles. The molecule has 1 rings (SSSR count). The van der Waals surface area contributed by atoms with E-state index in [2.05, 4.69) is 21.3 Å². The lowest BCUT2D eigenvalue weighted by Crippen LogP contribution is -2.54. The van der Waals surface area contributed by atoms with Crippen molar-refractivity contribution in [3.63, 3.8) is 0 Å². The van der Waals surface area contributed by atoms with E-state index >= 15 is 0 Å². The van der Waals surface area contributed by atoms with Gasteiger partial charge in [0.25, 0.3) is 0 Å². The molecule has 12 nitrogen and oxygen atoms in total. The topological polar surface area (TPSA) is 200 Å². The fourth-order valence-electron chi connectivity index (χ4n) is 3.43. The number of carboxylic acids is 1. The standard InChI is InChI=1S/C25H39N5O7/c1-14(2)9-19(24(35)30-20(25(36)37)10-15(3)4)29-22(33)13-27-21(32)12-28-23(34)18(26)11-16-5-7-17(31)8-6-16/h5-8,14-15,18-20,31H,9-13,26H2,1-4H3,(H,27,32)(H,28,34)(H,29,33)(H,30,35)(H,36,37)/t18-,19-,20-/m0/s1. The third-order valence-electron chi connectivity index (χ3n) is 5.28. The molecule has 0 heterocycles. The molecule has 0 bridgehead atoms. The highest BCUT2D eigenvalue weighted by atomic mass is 16.4. The zero-order valence-electron chi connectivity index (χ0n) is 21.7. The summed E-state index contributed by atoms with van der Waals surface area (Å²) in [7, 11) is 0. The Bertz CT molecular complexity index is 934. The van der Waals surface area contributed by atoms with E-state index < -0.39 is 60.8 Å². The Labute approximate surface area is 216 Å². The predicted molar refractivity (Wildman–Crippen MR) is 136 cm³/mol. The molecule has 12 heteroatoms. The van der Waals surface area contributed by atoms with Crippen LogP contribution in [0, 0.1) is 11.8 Å². The van der Waals surface area contributed by atoms with Crippen LogP contribution >= 0.6 is 0 Å². The van der Waals surface area contributed by atoms with Crippen molar-refractivity contribution >= 4 is 29.6 Å². The number of hydrogen-bond donors (Lipinski definition) is 7. The highest BCUT2D eigenvalue weighted by molar-refractivity contribution is 5.93. The molecule has 0 saturated carbocycles. The Hall–Kier alpha value is -3.67. The summed E-state index contributed by atoms with van der Waals surface area (Å²) in [5.74, 6) is -3.44. The van der Waals surface area contributed by atoms with Gasteiger partial charge in [0.1, 0.15) is 17.8 Å². The highest BCUT2D eigenvalue weighted by Crippen LogP contribution is 2.11. The van der Waals surface area contributed by atoms with Crippen LogP contribution in [0.5, 0.6) is 5.75 Å². The van der Waals surface area contributed by atoms with E-state index in [9.17, 15) is 34.2 Å². The highest BCUT2D eigenvalue weighted by Gasteiger charge is 2.27. The lowest BCUT2D eigenvalue weighted by atomic mass is 10.0. The van der Waals surface area contributed by atoms with Crippen molar-refractivity contribution in [3.05, 3.63) is 29.8 Å². The minimum Gasteiger partial charge on any atom is -0.508 e. The molecular formula is C25H39N5O7. The molecule has 8 N–H and O–H groups in total. The first-order valence-electron chi connectivity index (χ1n) is 12.2. The van der Waals surface area contributed by atoms with Crippen molar-refractivity contribution in [2.24, 2.45) is 17.6 Å². The third-order valence-corrected chi connectivity index (χ3v) is 5.28. The van der Waals surface area contributed by atoms with E-state index in [1.165, 1.54) is 12.1 Å². The van der Waals surface area contributed by atoms with Crippen LogP contribution in [0.25, 0.3) is 0 Å². The average Bonchev–Trinajstić information content (AvgIpc) is 2.81. The second kappa shape index (κ2) is 15.4. The van der Waals surface area contributed by atoms with Gasteiger partial charge in [0, 0.05) is 0 Å². The van der Waals surface area contributed by atoms with Crippen LogP contribution in [-0.2, 0) is 30.4 Å². The van der Waals surface area contributed by atoms with E-state index in [1.54, 1.807) is 12.1 Å². The number of nitrogens with two attached hydrogens (primary N) is 1. The van der Waals surface area contributed by atoms with Crippen molar-refractivity contribution in [1.82, 2.24) is 21.3 Å². The van der Waals surface area contributed by atoms with Gasteiger partial charge in [-0.15, -0.1) is 0 Å². The molecule has 1 aromatic rings. The Morgan fingerprint density at radius 1 is 0.784 bits per heavy atom. The molecule has 206 valence electrons. The van der Waals surface area contributed by atoms with Crippen LogP contribution in [0.2, 0.25) is 0 Å². The zero-order chi connectivity index (χ0) is 28.1. The number of aliphatic carboxylic acids is 1. The number of amides is 4. The predicted octanol–water partition coefficient (Wildman–Crippen LogP) is -0.359. The van der Waals surface area contributed by atoms with Crippen molar-refractivity contribution in [2.45, 2.75) is 65.1 Å². The Kier molecular flexibility index (Phi) is 13.1. The average molecular weight is 522 g/mol. The summed E-state index contributed by atoms with van der Waals surface area (Å²) in [5.41, 5.74) is 6.59. The van der Waals surface area contributed by atoms with Gasteiger partial charge in [0.15, 0.2) is 0 Å². The van der Waals surface area contributed by atoms with E-state index in [-0.39, 0.29) is 36.8 Å². The molecule has 0 aliphatic rings. The number of phenols is 1. The van der Waals surface area contributed by atoms with Crippen LogP contribution in [-0.4, -0.2) is 71.0 Å². The first-order chi connectivity index (χ1) is 17.3. The van der Waals surface area contributed by atoms with Gasteiger partial charge < -0.3 is 37.2 Å². The second-order valence-corrected chi connectivity index (χ2v) is 9.75. The molecule has 37 heavy (non-hydrogen) atoms. The summed E-state index contributed by atoms with van der Waals surface area (Å²) in [6.45, 7) is 6.54. The Morgan fingerprint density at radius 2 is 1.32 bits per heavy atom. The van der Waals surface area contributed by atoms with Crippen LogP contribution in [0.15, 0.2) is 24.3 Å². The van der Waals surface area contributed by atoms with E-state index in [0.717, 1.165) is 5.56 Å². The lowest BCUT2D eigenvalue weighted by Gasteiger charge is -2.23. The largest absolute Gasteiger partial charge is 0.508 e. The van der Waals surface area contributed by atoms with Gasteiger partial charge in [-0.25, -0.2) is 4.79 Å². The molecule has 4 amide bonds. The van der Waals surface area contributed by atoms with Crippen molar-refractivity contribution in [2.75, 3.05) is 13.1 Å². The van der Waals surface area contributed by atoms with Crippen LogP contribution in [0.3, 0.4) is 0 Å². The Morgan fingerprint density at radius 3 is 1.86 bits per heavy atom. The number of aromatic hydroxyl groups is 1. The van der Waals surface area contributed by atoms with Gasteiger partial charge in [-0.1, -0.05) is 39.8 Å². The quantitative estimate of drug-likeness (QED) is 0.162. The van der Waals surface area contributed by atoms with Crippen molar-refractivity contribution in [1.29, 1.82) is 0 Å². The maximum atomic E-state index is 12.7. The minimum absolute atomic E-state index is 0.0278. The number of carbonyl (C=O) groups is 5. The summed E-state index contributed by atoms with van der Waals surface area (Å²) < 4.78 is 0. The maximum absolute atomic E-state index is 12.7. The number of benzene rings is 1. The minimum atomic E-state index is -1.16. The van der Waals surface area contributed by atoms with E-state index in [1.807, 2.05) is 27.7 Å². The summed E-state index contributed by atoms with van der Waals surface area (Å²) in [5, 5.41) is 28.4. The zero-order valence-corrected chi connectivity index (χ0v) is 21.7. The van der Waals surface area contributed by atoms with Crippen LogP contribution < -0.4 is 27.0 Å².